The number of aryl methyl sites for hydroxylation is 2. The molecule has 1 unspecified atom stereocenters. The molecule has 1 N–H and O–H groups in total. The average molecular weight is 247 g/mol. The van der Waals surface area contributed by atoms with Crippen LogP contribution in [0.5, 0.6) is 5.88 Å². The molecule has 0 aliphatic heterocycles. The van der Waals surface area contributed by atoms with E-state index in [-0.39, 0.29) is 0 Å². The van der Waals surface area contributed by atoms with Gasteiger partial charge in [0.15, 0.2) is 0 Å². The Labute approximate surface area is 106 Å². The Hall–Kier alpha value is -1.88. The number of nitrogens with zero attached hydrogens (tertiary/aromatic N) is 3. The molecule has 5 heteroatoms. The van der Waals surface area contributed by atoms with Crippen molar-refractivity contribution >= 4 is 0 Å². The van der Waals surface area contributed by atoms with Crippen molar-refractivity contribution in [1.82, 2.24) is 14.5 Å². The predicted molar refractivity (Wildman–Crippen MR) is 67.3 cm³/mol. The molecule has 0 aliphatic carbocycles. The van der Waals surface area contributed by atoms with Crippen LogP contribution in [0.25, 0.3) is 0 Å². The molecule has 2 aromatic rings. The maximum atomic E-state index is 10.1. The van der Waals surface area contributed by atoms with E-state index >= 15 is 0 Å². The minimum absolute atomic E-state index is 0.528. The summed E-state index contributed by atoms with van der Waals surface area (Å²) in [7, 11) is 3.52. The molecular weight excluding hydrogens is 230 g/mol. The zero-order valence-electron chi connectivity index (χ0n) is 10.6. The van der Waals surface area contributed by atoms with Gasteiger partial charge in [-0.25, -0.2) is 9.97 Å². The fourth-order valence-electron chi connectivity index (χ4n) is 1.78. The standard InChI is InChI=1S/C13H17N3O2/c1-16-8-7-14-12(16)5-4-11(17)10-3-6-13(18-2)15-9-10/h3,6-9,11,17H,4-5H2,1-2H3. The van der Waals surface area contributed by atoms with Crippen LogP contribution in [0.3, 0.4) is 0 Å². The van der Waals surface area contributed by atoms with Crippen molar-refractivity contribution < 1.29 is 9.84 Å². The van der Waals surface area contributed by atoms with Crippen LogP contribution in [0.15, 0.2) is 30.7 Å². The minimum Gasteiger partial charge on any atom is -0.481 e. The van der Waals surface area contributed by atoms with Gasteiger partial charge in [-0.15, -0.1) is 0 Å². The summed E-state index contributed by atoms with van der Waals surface area (Å²) in [5, 5.41) is 10.1. The molecule has 2 aromatic heterocycles. The SMILES string of the molecule is COc1ccc(C(O)CCc2nccn2C)cn1. The first-order chi connectivity index (χ1) is 8.70. The Balaban J connectivity index is 1.94. The summed E-state index contributed by atoms with van der Waals surface area (Å²) in [6, 6.07) is 3.58. The van der Waals surface area contributed by atoms with Gasteiger partial charge < -0.3 is 14.4 Å². The highest BCUT2D eigenvalue weighted by Gasteiger charge is 2.10. The van der Waals surface area contributed by atoms with Gasteiger partial charge in [0.25, 0.3) is 0 Å². The van der Waals surface area contributed by atoms with Crippen molar-refractivity contribution in [2.75, 3.05) is 7.11 Å². The first-order valence-corrected chi connectivity index (χ1v) is 5.85. The largest absolute Gasteiger partial charge is 0.481 e. The van der Waals surface area contributed by atoms with E-state index in [1.165, 1.54) is 0 Å². The van der Waals surface area contributed by atoms with Gasteiger partial charge in [-0.3, -0.25) is 0 Å². The quantitative estimate of drug-likeness (QED) is 0.869. The number of rotatable bonds is 5. The van der Waals surface area contributed by atoms with Crippen molar-refractivity contribution in [3.63, 3.8) is 0 Å². The van der Waals surface area contributed by atoms with E-state index in [1.54, 1.807) is 25.6 Å². The molecule has 0 saturated heterocycles. The highest BCUT2D eigenvalue weighted by molar-refractivity contribution is 5.19. The summed E-state index contributed by atoms with van der Waals surface area (Å²) < 4.78 is 6.93. The van der Waals surface area contributed by atoms with Crippen molar-refractivity contribution in [2.24, 2.45) is 7.05 Å². The lowest BCUT2D eigenvalue weighted by Crippen LogP contribution is -2.04. The molecule has 2 heterocycles. The van der Waals surface area contributed by atoms with E-state index < -0.39 is 6.10 Å². The van der Waals surface area contributed by atoms with Crippen LogP contribution in [0.4, 0.5) is 0 Å². The smallest absolute Gasteiger partial charge is 0.212 e. The highest BCUT2D eigenvalue weighted by atomic mass is 16.5. The normalized spacial score (nSPS) is 12.4. The molecule has 0 saturated carbocycles. The summed E-state index contributed by atoms with van der Waals surface area (Å²) in [5.41, 5.74) is 0.796. The molecule has 1 atom stereocenters. The van der Waals surface area contributed by atoms with Gasteiger partial charge in [0, 0.05) is 38.1 Å². The molecule has 0 bridgehead atoms. The van der Waals surface area contributed by atoms with Gasteiger partial charge >= 0.3 is 0 Å². The van der Waals surface area contributed by atoms with Crippen LogP contribution in [-0.2, 0) is 13.5 Å². The maximum absolute atomic E-state index is 10.1. The Bertz CT molecular complexity index is 493. The van der Waals surface area contributed by atoms with E-state index in [2.05, 4.69) is 9.97 Å². The van der Waals surface area contributed by atoms with Gasteiger partial charge in [0.2, 0.25) is 5.88 Å². The van der Waals surface area contributed by atoms with Crippen molar-refractivity contribution in [3.8, 4) is 5.88 Å². The molecule has 5 nitrogen and oxygen atoms in total. The van der Waals surface area contributed by atoms with Gasteiger partial charge in [0.05, 0.1) is 13.2 Å². The molecule has 0 amide bonds. The monoisotopic (exact) mass is 247 g/mol. The van der Waals surface area contributed by atoms with Crippen LogP contribution in [-0.4, -0.2) is 26.8 Å². The highest BCUT2D eigenvalue weighted by Crippen LogP contribution is 2.19. The Morgan fingerprint density at radius 1 is 1.39 bits per heavy atom. The number of hydrogen-bond acceptors (Lipinski definition) is 4. The third kappa shape index (κ3) is 2.87. The lowest BCUT2D eigenvalue weighted by Gasteiger charge is -2.10. The number of imidazole rings is 1. The molecule has 0 fully saturated rings. The Kier molecular flexibility index (Phi) is 3.94. The number of pyridine rings is 1. The lowest BCUT2D eigenvalue weighted by atomic mass is 10.1. The van der Waals surface area contributed by atoms with E-state index in [0.29, 0.717) is 12.3 Å². The fraction of sp³-hybridized carbons (Fsp3) is 0.385. The summed E-state index contributed by atoms with van der Waals surface area (Å²) >= 11 is 0. The van der Waals surface area contributed by atoms with Crippen molar-refractivity contribution in [3.05, 3.63) is 42.1 Å². The summed E-state index contributed by atoms with van der Waals surface area (Å²) in [6.45, 7) is 0. The molecule has 0 aliphatic rings. The summed E-state index contributed by atoms with van der Waals surface area (Å²) in [4.78, 5) is 8.30. The topological polar surface area (TPSA) is 60.2 Å². The summed E-state index contributed by atoms with van der Waals surface area (Å²) in [5.74, 6) is 1.52. The van der Waals surface area contributed by atoms with E-state index in [9.17, 15) is 5.11 Å². The number of aliphatic hydroxyl groups is 1. The second kappa shape index (κ2) is 5.64. The summed E-state index contributed by atoms with van der Waals surface area (Å²) in [6.07, 6.45) is 6.13. The van der Waals surface area contributed by atoms with Crippen LogP contribution in [0.1, 0.15) is 23.9 Å². The van der Waals surface area contributed by atoms with Gasteiger partial charge in [-0.2, -0.15) is 0 Å². The van der Waals surface area contributed by atoms with Crippen molar-refractivity contribution in [1.29, 1.82) is 0 Å². The van der Waals surface area contributed by atoms with Crippen molar-refractivity contribution in [2.45, 2.75) is 18.9 Å². The zero-order valence-corrected chi connectivity index (χ0v) is 10.6. The van der Waals surface area contributed by atoms with Crippen LogP contribution >= 0.6 is 0 Å². The van der Waals surface area contributed by atoms with Gasteiger partial charge in [-0.1, -0.05) is 0 Å². The zero-order chi connectivity index (χ0) is 13.0. The van der Waals surface area contributed by atoms with E-state index in [1.807, 2.05) is 23.9 Å². The first kappa shape index (κ1) is 12.6. The second-order valence-electron chi connectivity index (χ2n) is 4.14. The number of aliphatic hydroxyl groups excluding tert-OH is 1. The third-order valence-electron chi connectivity index (χ3n) is 2.92. The van der Waals surface area contributed by atoms with Crippen LogP contribution < -0.4 is 4.74 Å². The Morgan fingerprint density at radius 3 is 2.78 bits per heavy atom. The molecule has 18 heavy (non-hydrogen) atoms. The van der Waals surface area contributed by atoms with Crippen LogP contribution in [0.2, 0.25) is 0 Å². The fourth-order valence-corrected chi connectivity index (χ4v) is 1.78. The third-order valence-corrected chi connectivity index (χ3v) is 2.92. The number of ether oxygens (including phenoxy) is 1. The average Bonchev–Trinajstić information content (AvgIpc) is 2.81. The number of methoxy groups -OCH3 is 1. The van der Waals surface area contributed by atoms with E-state index in [0.717, 1.165) is 17.8 Å². The van der Waals surface area contributed by atoms with E-state index in [4.69, 9.17) is 4.74 Å². The molecular formula is C13H17N3O2. The molecule has 0 aromatic carbocycles. The Morgan fingerprint density at radius 2 is 2.22 bits per heavy atom. The lowest BCUT2D eigenvalue weighted by molar-refractivity contribution is 0.166. The molecule has 0 radical (unpaired) electrons. The minimum atomic E-state index is -0.528. The molecule has 96 valence electrons. The first-order valence-electron chi connectivity index (χ1n) is 5.85. The van der Waals surface area contributed by atoms with Crippen LogP contribution in [0, 0.1) is 0 Å². The maximum Gasteiger partial charge on any atom is 0.212 e. The molecule has 2 rings (SSSR count). The number of aromatic nitrogens is 3. The van der Waals surface area contributed by atoms with Gasteiger partial charge in [-0.05, 0) is 18.1 Å². The predicted octanol–water partition coefficient (Wildman–Crippen LogP) is 1.49. The van der Waals surface area contributed by atoms with Gasteiger partial charge in [0.1, 0.15) is 5.82 Å². The molecule has 0 spiro atoms. The number of hydrogen-bond donors (Lipinski definition) is 1. The second-order valence-corrected chi connectivity index (χ2v) is 4.14.